The normalized spacial score (nSPS) is 12.7. The molecule has 0 saturated carbocycles. The lowest BCUT2D eigenvalue weighted by Crippen LogP contribution is -2.37. The molecular formula is C29H31NO2S. The summed E-state index contributed by atoms with van der Waals surface area (Å²) >= 11 is 0. The lowest BCUT2D eigenvalue weighted by Gasteiger charge is -2.31. The largest absolute Gasteiger partial charge is 0.287 e. The molecule has 3 aromatic rings. The number of benzene rings is 3. The van der Waals surface area contributed by atoms with E-state index in [1.54, 1.807) is 24.3 Å². The maximum atomic E-state index is 13.2. The van der Waals surface area contributed by atoms with Crippen molar-refractivity contribution >= 4 is 9.84 Å². The Labute approximate surface area is 198 Å². The second-order valence-electron chi connectivity index (χ2n) is 8.21. The van der Waals surface area contributed by atoms with Gasteiger partial charge >= 0.3 is 0 Å². The third-order valence-corrected chi connectivity index (χ3v) is 7.18. The lowest BCUT2D eigenvalue weighted by atomic mass is 10.0. The van der Waals surface area contributed by atoms with E-state index in [-0.39, 0.29) is 22.4 Å². The van der Waals surface area contributed by atoms with E-state index in [2.05, 4.69) is 48.4 Å². The van der Waals surface area contributed by atoms with Gasteiger partial charge in [0.1, 0.15) is 0 Å². The van der Waals surface area contributed by atoms with Crippen LogP contribution >= 0.6 is 0 Å². The van der Waals surface area contributed by atoms with Gasteiger partial charge in [0, 0.05) is 19.1 Å². The van der Waals surface area contributed by atoms with E-state index in [0.29, 0.717) is 6.54 Å². The zero-order valence-electron chi connectivity index (χ0n) is 19.1. The summed E-state index contributed by atoms with van der Waals surface area (Å²) in [6.45, 7) is 10.8. The van der Waals surface area contributed by atoms with E-state index in [0.717, 1.165) is 17.6 Å². The Morgan fingerprint density at radius 1 is 0.848 bits per heavy atom. The molecule has 0 aliphatic rings. The fourth-order valence-electron chi connectivity index (χ4n) is 3.64. The average molecular weight is 458 g/mol. The van der Waals surface area contributed by atoms with Crippen LogP contribution in [0.2, 0.25) is 0 Å². The Bertz CT molecular complexity index is 1180. The first-order valence-electron chi connectivity index (χ1n) is 11.0. The molecule has 0 spiro atoms. The van der Waals surface area contributed by atoms with E-state index in [1.165, 1.54) is 5.56 Å². The van der Waals surface area contributed by atoms with Gasteiger partial charge in [-0.15, -0.1) is 0 Å². The van der Waals surface area contributed by atoms with Gasteiger partial charge < -0.3 is 0 Å². The summed E-state index contributed by atoms with van der Waals surface area (Å²) in [7, 11) is -3.64. The summed E-state index contributed by atoms with van der Waals surface area (Å²) < 4.78 is 26.4. The summed E-state index contributed by atoms with van der Waals surface area (Å²) in [5.74, 6) is 0. The Morgan fingerprint density at radius 2 is 1.36 bits per heavy atom. The van der Waals surface area contributed by atoms with Crippen LogP contribution in [0.3, 0.4) is 0 Å². The first-order valence-corrected chi connectivity index (χ1v) is 12.5. The van der Waals surface area contributed by atoms with Crippen molar-refractivity contribution in [3.8, 4) is 0 Å². The molecule has 0 bridgehead atoms. The third-order valence-electron chi connectivity index (χ3n) is 5.40. The van der Waals surface area contributed by atoms with Crippen LogP contribution in [0.25, 0.3) is 0 Å². The van der Waals surface area contributed by atoms with Crippen LogP contribution in [0, 0.1) is 0 Å². The van der Waals surface area contributed by atoms with Crippen molar-refractivity contribution in [1.29, 1.82) is 0 Å². The van der Waals surface area contributed by atoms with E-state index in [9.17, 15) is 8.42 Å². The van der Waals surface area contributed by atoms with Gasteiger partial charge in [-0.05, 0) is 36.6 Å². The van der Waals surface area contributed by atoms with Crippen molar-refractivity contribution in [2.45, 2.75) is 30.8 Å². The minimum atomic E-state index is -3.64. The molecule has 0 heterocycles. The summed E-state index contributed by atoms with van der Waals surface area (Å²) in [6, 6.07) is 28.8. The molecule has 4 heteroatoms. The SMILES string of the molecule is C=C(C)/C=C\[C@H](Cc1ccccc1)N(CC(=C)S(=O)(=O)c1ccccc1)Cc1ccccc1. The molecule has 1 atom stereocenters. The number of allylic oxidation sites excluding steroid dienone is 2. The fraction of sp³-hybridized carbons (Fsp3) is 0.172. The molecule has 3 aromatic carbocycles. The number of hydrogen-bond acceptors (Lipinski definition) is 3. The fourth-order valence-corrected chi connectivity index (χ4v) is 4.82. The molecule has 0 aliphatic carbocycles. The first-order chi connectivity index (χ1) is 15.9. The number of rotatable bonds is 11. The molecule has 0 unspecified atom stereocenters. The lowest BCUT2D eigenvalue weighted by molar-refractivity contribution is 0.241. The predicted molar refractivity (Wildman–Crippen MR) is 138 cm³/mol. The van der Waals surface area contributed by atoms with E-state index in [4.69, 9.17) is 0 Å². The van der Waals surface area contributed by atoms with Gasteiger partial charge in [-0.2, -0.15) is 0 Å². The standard InChI is InChI=1S/C29H31NO2S/c1-24(2)19-20-28(21-26-13-7-4-8-14-26)30(23-27-15-9-5-10-16-27)22-25(3)33(31,32)29-17-11-6-12-18-29/h4-20,28H,1,3,21-23H2,2H3/b20-19-/t28-/m1/s1. The topological polar surface area (TPSA) is 37.4 Å². The summed E-state index contributed by atoms with van der Waals surface area (Å²) in [6.07, 6.45) is 4.86. The van der Waals surface area contributed by atoms with Crippen molar-refractivity contribution in [2.75, 3.05) is 6.54 Å². The molecule has 0 aromatic heterocycles. The third kappa shape index (κ3) is 7.14. The molecule has 0 fully saturated rings. The van der Waals surface area contributed by atoms with Crippen LogP contribution < -0.4 is 0 Å². The predicted octanol–water partition coefficient (Wildman–Crippen LogP) is 6.22. The minimum Gasteiger partial charge on any atom is -0.287 e. The van der Waals surface area contributed by atoms with Crippen molar-refractivity contribution in [1.82, 2.24) is 4.90 Å². The van der Waals surface area contributed by atoms with Crippen molar-refractivity contribution in [3.05, 3.63) is 138 Å². The van der Waals surface area contributed by atoms with Gasteiger partial charge in [0.05, 0.1) is 9.80 Å². The zero-order valence-corrected chi connectivity index (χ0v) is 19.9. The second kappa shape index (κ2) is 11.6. The Kier molecular flexibility index (Phi) is 8.58. The molecule has 3 nitrogen and oxygen atoms in total. The summed E-state index contributed by atoms with van der Waals surface area (Å²) in [4.78, 5) is 2.63. The van der Waals surface area contributed by atoms with Crippen molar-refractivity contribution in [3.63, 3.8) is 0 Å². The van der Waals surface area contributed by atoms with Gasteiger partial charge in [0.2, 0.25) is 9.84 Å². The maximum absolute atomic E-state index is 13.2. The van der Waals surface area contributed by atoms with Gasteiger partial charge in [0.15, 0.2) is 0 Å². The molecule has 0 N–H and O–H groups in total. The Balaban J connectivity index is 1.95. The second-order valence-corrected chi connectivity index (χ2v) is 10.3. The zero-order chi connectivity index (χ0) is 23.7. The highest BCUT2D eigenvalue weighted by Gasteiger charge is 2.24. The molecule has 3 rings (SSSR count). The maximum Gasteiger partial charge on any atom is 0.203 e. The van der Waals surface area contributed by atoms with Crippen LogP contribution in [-0.2, 0) is 22.8 Å². The van der Waals surface area contributed by atoms with Crippen LogP contribution in [0.15, 0.2) is 132 Å². The highest BCUT2D eigenvalue weighted by atomic mass is 32.2. The highest BCUT2D eigenvalue weighted by Crippen LogP contribution is 2.22. The Hall–Kier alpha value is -3.21. The Morgan fingerprint density at radius 3 is 1.91 bits per heavy atom. The quantitative estimate of drug-likeness (QED) is 0.321. The van der Waals surface area contributed by atoms with Crippen LogP contribution in [0.1, 0.15) is 18.1 Å². The smallest absolute Gasteiger partial charge is 0.203 e. The van der Waals surface area contributed by atoms with Crippen LogP contribution in [0.4, 0.5) is 0 Å². The molecule has 0 amide bonds. The van der Waals surface area contributed by atoms with E-state index < -0.39 is 9.84 Å². The van der Waals surface area contributed by atoms with E-state index in [1.807, 2.05) is 55.5 Å². The average Bonchev–Trinajstić information content (AvgIpc) is 2.83. The van der Waals surface area contributed by atoms with E-state index >= 15 is 0 Å². The molecule has 33 heavy (non-hydrogen) atoms. The summed E-state index contributed by atoms with van der Waals surface area (Å²) in [5, 5.41) is 0. The van der Waals surface area contributed by atoms with Gasteiger partial charge in [-0.1, -0.05) is 110 Å². The molecule has 0 saturated heterocycles. The van der Waals surface area contributed by atoms with Gasteiger partial charge in [-0.3, -0.25) is 4.90 Å². The van der Waals surface area contributed by atoms with Crippen molar-refractivity contribution in [2.24, 2.45) is 0 Å². The molecular weight excluding hydrogens is 426 g/mol. The number of hydrogen-bond donors (Lipinski definition) is 0. The summed E-state index contributed by atoms with van der Waals surface area (Å²) in [5.41, 5.74) is 3.25. The van der Waals surface area contributed by atoms with Gasteiger partial charge in [-0.25, -0.2) is 8.42 Å². The molecule has 170 valence electrons. The first kappa shape index (κ1) is 24.4. The minimum absolute atomic E-state index is 0.0352. The molecule has 0 radical (unpaired) electrons. The monoisotopic (exact) mass is 457 g/mol. The molecule has 0 aliphatic heterocycles. The van der Waals surface area contributed by atoms with Crippen molar-refractivity contribution < 1.29 is 8.42 Å². The van der Waals surface area contributed by atoms with Crippen LogP contribution in [-0.4, -0.2) is 25.9 Å². The van der Waals surface area contributed by atoms with Gasteiger partial charge in [0.25, 0.3) is 0 Å². The number of sulfone groups is 1. The highest BCUT2D eigenvalue weighted by molar-refractivity contribution is 7.95. The number of nitrogens with zero attached hydrogens (tertiary/aromatic N) is 1. The van der Waals surface area contributed by atoms with Crippen LogP contribution in [0.5, 0.6) is 0 Å².